The van der Waals surface area contributed by atoms with Crippen molar-refractivity contribution in [3.8, 4) is 0 Å². The van der Waals surface area contributed by atoms with Crippen molar-refractivity contribution in [2.45, 2.75) is 32.4 Å². The molecule has 0 saturated carbocycles. The number of nitrogens with zero attached hydrogens (tertiary/aromatic N) is 1. The Labute approximate surface area is 126 Å². The molecule has 0 aromatic heterocycles. The summed E-state index contributed by atoms with van der Waals surface area (Å²) in [5, 5.41) is 2.79. The maximum Gasteiger partial charge on any atom is 0.407 e. The first-order valence-corrected chi connectivity index (χ1v) is 7.23. The Morgan fingerprint density at radius 1 is 1.40 bits per heavy atom. The van der Waals surface area contributed by atoms with Gasteiger partial charge < -0.3 is 15.0 Å². The average molecular weight is 345 g/mol. The van der Waals surface area contributed by atoms with Gasteiger partial charge in [-0.1, -0.05) is 15.9 Å². The predicted octanol–water partition coefficient (Wildman–Crippen LogP) is 3.30. The lowest BCUT2D eigenvalue weighted by Gasteiger charge is -2.41. The van der Waals surface area contributed by atoms with E-state index in [2.05, 4.69) is 21.2 Å². The lowest BCUT2D eigenvalue weighted by molar-refractivity contribution is 0.0496. The summed E-state index contributed by atoms with van der Waals surface area (Å²) in [7, 11) is 0. The molecular weight excluding hydrogens is 327 g/mol. The Bertz CT molecular complexity index is 490. The van der Waals surface area contributed by atoms with Crippen LogP contribution in [-0.4, -0.2) is 30.8 Å². The van der Waals surface area contributed by atoms with Gasteiger partial charge in [0.05, 0.1) is 6.04 Å². The summed E-state index contributed by atoms with van der Waals surface area (Å²) in [5.41, 5.74) is 0.306. The highest BCUT2D eigenvalue weighted by atomic mass is 79.9. The molecule has 0 spiro atoms. The topological polar surface area (TPSA) is 41.6 Å². The molecule has 1 N–H and O–H groups in total. The van der Waals surface area contributed by atoms with Crippen molar-refractivity contribution in [3.05, 3.63) is 28.5 Å². The lowest BCUT2D eigenvalue weighted by atomic mass is 10.1. The first-order chi connectivity index (χ1) is 9.23. The summed E-state index contributed by atoms with van der Waals surface area (Å²) in [4.78, 5) is 13.6. The van der Waals surface area contributed by atoms with Gasteiger partial charge in [0.25, 0.3) is 0 Å². The van der Waals surface area contributed by atoms with Gasteiger partial charge in [-0.15, -0.1) is 0 Å². The zero-order valence-electron chi connectivity index (χ0n) is 11.7. The van der Waals surface area contributed by atoms with E-state index < -0.39 is 11.7 Å². The minimum Gasteiger partial charge on any atom is -0.444 e. The first kappa shape index (κ1) is 15.1. The number of nitrogens with one attached hydrogen (secondary N) is 1. The quantitative estimate of drug-likeness (QED) is 0.894. The zero-order chi connectivity index (χ0) is 14.9. The largest absolute Gasteiger partial charge is 0.444 e. The molecule has 0 unspecified atom stereocenters. The van der Waals surface area contributed by atoms with Gasteiger partial charge in [0.15, 0.2) is 0 Å². The number of carbonyl (C=O) groups excluding carboxylic acids is 1. The van der Waals surface area contributed by atoms with Gasteiger partial charge in [-0.3, -0.25) is 0 Å². The lowest BCUT2D eigenvalue weighted by Crippen LogP contribution is -2.60. The van der Waals surface area contributed by atoms with E-state index in [-0.39, 0.29) is 11.9 Å². The number of benzene rings is 1. The van der Waals surface area contributed by atoms with Crippen LogP contribution in [0.5, 0.6) is 0 Å². The highest BCUT2D eigenvalue weighted by molar-refractivity contribution is 9.10. The van der Waals surface area contributed by atoms with E-state index in [1.807, 2.05) is 31.7 Å². The monoisotopic (exact) mass is 344 g/mol. The summed E-state index contributed by atoms with van der Waals surface area (Å²) < 4.78 is 19.2. The highest BCUT2D eigenvalue weighted by Crippen LogP contribution is 2.26. The standard InChI is InChI=1S/C14H18BrFN2O2/c1-14(2,3)20-13(19)17-11-7-18(8-11)12-5-9(15)4-10(16)6-12/h4-6,11H,7-8H2,1-3H3,(H,17,19). The highest BCUT2D eigenvalue weighted by Gasteiger charge is 2.30. The summed E-state index contributed by atoms with van der Waals surface area (Å²) in [6.45, 7) is 6.77. The molecule has 1 heterocycles. The minimum atomic E-state index is -0.499. The van der Waals surface area contributed by atoms with Crippen LogP contribution in [0.25, 0.3) is 0 Å². The van der Waals surface area contributed by atoms with E-state index in [4.69, 9.17) is 4.74 Å². The first-order valence-electron chi connectivity index (χ1n) is 6.43. The van der Waals surface area contributed by atoms with E-state index in [0.717, 1.165) is 5.69 Å². The number of carbonyl (C=O) groups is 1. The van der Waals surface area contributed by atoms with E-state index >= 15 is 0 Å². The van der Waals surface area contributed by atoms with E-state index in [1.54, 1.807) is 0 Å². The van der Waals surface area contributed by atoms with E-state index in [9.17, 15) is 9.18 Å². The van der Waals surface area contributed by atoms with Crippen LogP contribution in [0.15, 0.2) is 22.7 Å². The van der Waals surface area contributed by atoms with Crippen molar-refractivity contribution in [2.24, 2.45) is 0 Å². The molecule has 1 aromatic rings. The van der Waals surface area contributed by atoms with Gasteiger partial charge in [0.2, 0.25) is 0 Å². The molecule has 1 aliphatic heterocycles. The minimum absolute atomic E-state index is 0.0342. The average Bonchev–Trinajstić information content (AvgIpc) is 2.18. The van der Waals surface area contributed by atoms with Crippen molar-refractivity contribution in [1.82, 2.24) is 5.32 Å². The number of halogens is 2. The Balaban J connectivity index is 1.84. The molecule has 20 heavy (non-hydrogen) atoms. The Kier molecular flexibility index (Phi) is 4.22. The van der Waals surface area contributed by atoms with Gasteiger partial charge >= 0.3 is 6.09 Å². The zero-order valence-corrected chi connectivity index (χ0v) is 13.3. The van der Waals surface area contributed by atoms with Crippen molar-refractivity contribution in [2.75, 3.05) is 18.0 Å². The molecule has 0 radical (unpaired) electrons. The smallest absolute Gasteiger partial charge is 0.407 e. The second-order valence-electron chi connectivity index (χ2n) is 5.88. The third-order valence-electron chi connectivity index (χ3n) is 2.81. The van der Waals surface area contributed by atoms with Crippen LogP contribution in [0.1, 0.15) is 20.8 Å². The molecule has 1 aliphatic rings. The fourth-order valence-corrected chi connectivity index (χ4v) is 2.43. The molecule has 1 fully saturated rings. The van der Waals surface area contributed by atoms with Gasteiger partial charge in [-0.25, -0.2) is 9.18 Å². The van der Waals surface area contributed by atoms with Crippen LogP contribution in [0.3, 0.4) is 0 Å². The fraction of sp³-hybridized carbons (Fsp3) is 0.500. The second-order valence-corrected chi connectivity index (χ2v) is 6.79. The number of amides is 1. The molecule has 4 nitrogen and oxygen atoms in total. The van der Waals surface area contributed by atoms with Crippen LogP contribution in [0.4, 0.5) is 14.9 Å². The summed E-state index contributed by atoms with van der Waals surface area (Å²) >= 11 is 3.27. The number of rotatable bonds is 2. The Hall–Kier alpha value is -1.30. The molecule has 0 atom stereocenters. The van der Waals surface area contributed by atoms with Crippen molar-refractivity contribution in [3.63, 3.8) is 0 Å². The fourth-order valence-electron chi connectivity index (χ4n) is 1.98. The normalized spacial score (nSPS) is 15.8. The van der Waals surface area contributed by atoms with Gasteiger partial charge in [0, 0.05) is 23.2 Å². The van der Waals surface area contributed by atoms with Crippen LogP contribution in [0.2, 0.25) is 0 Å². The molecular formula is C14H18BrFN2O2. The molecule has 1 saturated heterocycles. The Morgan fingerprint density at radius 3 is 2.60 bits per heavy atom. The van der Waals surface area contributed by atoms with E-state index in [0.29, 0.717) is 17.6 Å². The molecule has 0 aliphatic carbocycles. The van der Waals surface area contributed by atoms with Crippen LogP contribution >= 0.6 is 15.9 Å². The third kappa shape index (κ3) is 4.10. The van der Waals surface area contributed by atoms with Gasteiger partial charge in [-0.05, 0) is 39.0 Å². The predicted molar refractivity (Wildman–Crippen MR) is 79.5 cm³/mol. The summed E-state index contributed by atoms with van der Waals surface area (Å²) in [6, 6.07) is 4.79. The number of anilines is 1. The molecule has 1 aromatic carbocycles. The summed E-state index contributed by atoms with van der Waals surface area (Å²) in [5.74, 6) is -0.280. The summed E-state index contributed by atoms with van der Waals surface area (Å²) in [6.07, 6.45) is -0.414. The maximum absolute atomic E-state index is 13.3. The molecule has 0 bridgehead atoms. The molecule has 6 heteroatoms. The van der Waals surface area contributed by atoms with Crippen LogP contribution in [-0.2, 0) is 4.74 Å². The van der Waals surface area contributed by atoms with Crippen molar-refractivity contribution in [1.29, 1.82) is 0 Å². The van der Waals surface area contributed by atoms with Gasteiger partial charge in [-0.2, -0.15) is 0 Å². The van der Waals surface area contributed by atoms with E-state index in [1.165, 1.54) is 12.1 Å². The van der Waals surface area contributed by atoms with Crippen molar-refractivity contribution < 1.29 is 13.9 Å². The van der Waals surface area contributed by atoms with Crippen LogP contribution < -0.4 is 10.2 Å². The second kappa shape index (κ2) is 5.60. The maximum atomic E-state index is 13.3. The molecule has 2 rings (SSSR count). The number of ether oxygens (including phenoxy) is 1. The van der Waals surface area contributed by atoms with Crippen molar-refractivity contribution >= 4 is 27.7 Å². The molecule has 110 valence electrons. The number of hydrogen-bond acceptors (Lipinski definition) is 3. The van der Waals surface area contributed by atoms with Crippen LogP contribution in [0, 0.1) is 5.82 Å². The third-order valence-corrected chi connectivity index (χ3v) is 3.27. The molecule has 1 amide bonds. The number of hydrogen-bond donors (Lipinski definition) is 1. The Morgan fingerprint density at radius 2 is 2.05 bits per heavy atom. The number of alkyl carbamates (subject to hydrolysis) is 1. The SMILES string of the molecule is CC(C)(C)OC(=O)NC1CN(c2cc(F)cc(Br)c2)C1. The van der Waals surface area contributed by atoms with Gasteiger partial charge in [0.1, 0.15) is 11.4 Å².